The van der Waals surface area contributed by atoms with E-state index in [4.69, 9.17) is 10.2 Å². The van der Waals surface area contributed by atoms with Crippen LogP contribution in [0.5, 0.6) is 0 Å². The van der Waals surface area contributed by atoms with Crippen LogP contribution in [0.25, 0.3) is 17.1 Å². The second-order valence-corrected chi connectivity index (χ2v) is 4.53. The smallest absolute Gasteiger partial charge is 0.416 e. The molecule has 5 nitrogen and oxygen atoms in total. The molecule has 0 saturated carbocycles. The summed E-state index contributed by atoms with van der Waals surface area (Å²) in [5.41, 5.74) is 5.95. The average molecular weight is 308 g/mol. The Labute approximate surface area is 123 Å². The Morgan fingerprint density at radius 2 is 2.00 bits per heavy atom. The molecule has 8 heteroatoms. The van der Waals surface area contributed by atoms with Gasteiger partial charge < -0.3 is 10.2 Å². The highest BCUT2D eigenvalue weighted by atomic mass is 19.4. The Bertz CT molecular complexity index is 778. The Balaban J connectivity index is 2.16. The third kappa shape index (κ3) is 2.48. The lowest BCUT2D eigenvalue weighted by atomic mass is 10.2. The molecular weight excluding hydrogens is 297 g/mol. The van der Waals surface area contributed by atoms with Gasteiger partial charge in [-0.3, -0.25) is 0 Å². The fourth-order valence-electron chi connectivity index (χ4n) is 2.11. The molecule has 22 heavy (non-hydrogen) atoms. The third-order valence-corrected chi connectivity index (χ3v) is 3.11. The molecule has 0 spiro atoms. The summed E-state index contributed by atoms with van der Waals surface area (Å²) in [4.78, 5) is 0. The summed E-state index contributed by atoms with van der Waals surface area (Å²) < 4.78 is 45.1. The number of benzene rings is 1. The first kappa shape index (κ1) is 14.3. The van der Waals surface area contributed by atoms with Crippen LogP contribution in [0.3, 0.4) is 0 Å². The van der Waals surface area contributed by atoms with Crippen LogP contribution in [-0.2, 0) is 12.7 Å². The first-order valence-corrected chi connectivity index (χ1v) is 6.37. The van der Waals surface area contributed by atoms with Crippen LogP contribution in [0.4, 0.5) is 13.2 Å². The molecule has 0 amide bonds. The molecule has 0 aliphatic rings. The number of nitrogens with two attached hydrogens (primary N) is 1. The second kappa shape index (κ2) is 5.30. The number of hydrogen-bond acceptors (Lipinski definition) is 4. The fourth-order valence-corrected chi connectivity index (χ4v) is 2.11. The maximum absolute atomic E-state index is 12.8. The van der Waals surface area contributed by atoms with Crippen molar-refractivity contribution in [3.8, 4) is 17.1 Å². The summed E-state index contributed by atoms with van der Waals surface area (Å²) in [6.07, 6.45) is -2.97. The van der Waals surface area contributed by atoms with E-state index < -0.39 is 11.7 Å². The molecule has 0 fully saturated rings. The molecule has 0 saturated heterocycles. The van der Waals surface area contributed by atoms with Crippen molar-refractivity contribution in [2.45, 2.75) is 12.7 Å². The van der Waals surface area contributed by atoms with E-state index in [1.54, 1.807) is 12.1 Å². The first-order valence-electron chi connectivity index (χ1n) is 6.37. The Hall–Kier alpha value is -2.61. The lowest BCUT2D eigenvalue weighted by Crippen LogP contribution is -2.07. The molecule has 114 valence electrons. The van der Waals surface area contributed by atoms with Gasteiger partial charge in [0.05, 0.1) is 17.5 Å². The highest BCUT2D eigenvalue weighted by molar-refractivity contribution is 5.59. The van der Waals surface area contributed by atoms with Gasteiger partial charge in [-0.15, -0.1) is 5.10 Å². The first-order chi connectivity index (χ1) is 10.5. The minimum absolute atomic E-state index is 0.0923. The van der Waals surface area contributed by atoms with Crippen molar-refractivity contribution in [1.82, 2.24) is 15.0 Å². The Morgan fingerprint density at radius 3 is 2.64 bits per heavy atom. The largest absolute Gasteiger partial charge is 0.463 e. The van der Waals surface area contributed by atoms with Crippen molar-refractivity contribution in [3.05, 3.63) is 53.9 Å². The Kier molecular flexibility index (Phi) is 3.45. The van der Waals surface area contributed by atoms with E-state index >= 15 is 0 Å². The molecule has 0 radical (unpaired) electrons. The van der Waals surface area contributed by atoms with E-state index in [0.717, 1.165) is 12.1 Å². The number of halogens is 3. The van der Waals surface area contributed by atoms with E-state index in [-0.39, 0.29) is 12.2 Å². The predicted molar refractivity (Wildman–Crippen MR) is 72.0 cm³/mol. The normalized spacial score (nSPS) is 11.8. The van der Waals surface area contributed by atoms with E-state index in [2.05, 4.69) is 10.3 Å². The predicted octanol–water partition coefficient (Wildman–Crippen LogP) is 3.00. The van der Waals surface area contributed by atoms with Gasteiger partial charge in [0.1, 0.15) is 11.4 Å². The van der Waals surface area contributed by atoms with Crippen molar-refractivity contribution >= 4 is 0 Å². The molecule has 0 bridgehead atoms. The summed E-state index contributed by atoms with van der Waals surface area (Å²) in [5.74, 6) is 0.433. The van der Waals surface area contributed by atoms with Gasteiger partial charge in [0.2, 0.25) is 0 Å². The maximum Gasteiger partial charge on any atom is 0.416 e. The molecule has 2 aromatic heterocycles. The van der Waals surface area contributed by atoms with Gasteiger partial charge in [-0.2, -0.15) is 13.2 Å². The topological polar surface area (TPSA) is 69.9 Å². The summed E-state index contributed by atoms with van der Waals surface area (Å²) in [6.45, 7) is 0.0923. The molecule has 3 rings (SSSR count). The summed E-state index contributed by atoms with van der Waals surface area (Å²) in [5, 5.41) is 7.80. The highest BCUT2D eigenvalue weighted by Crippen LogP contribution is 2.32. The quantitative estimate of drug-likeness (QED) is 0.807. The van der Waals surface area contributed by atoms with Gasteiger partial charge in [-0.25, -0.2) is 4.68 Å². The zero-order chi connectivity index (χ0) is 15.7. The summed E-state index contributed by atoms with van der Waals surface area (Å²) in [7, 11) is 0. The Morgan fingerprint density at radius 1 is 1.18 bits per heavy atom. The van der Waals surface area contributed by atoms with Gasteiger partial charge in [0, 0.05) is 6.54 Å². The number of alkyl halides is 3. The summed E-state index contributed by atoms with van der Waals surface area (Å²) >= 11 is 0. The van der Waals surface area contributed by atoms with Crippen LogP contribution in [0, 0.1) is 0 Å². The van der Waals surface area contributed by atoms with Gasteiger partial charge in [-0.1, -0.05) is 11.3 Å². The molecule has 2 heterocycles. The van der Waals surface area contributed by atoms with Crippen LogP contribution < -0.4 is 5.73 Å². The van der Waals surface area contributed by atoms with E-state index in [0.29, 0.717) is 17.1 Å². The standard InChI is InChI=1S/C14H11F3N4O/c15-14(16,17)9-3-1-4-10(7-9)21-13(11(8-18)19-20-21)12-5-2-6-22-12/h1-7H,8,18H2. The molecule has 0 aliphatic carbocycles. The van der Waals surface area contributed by atoms with Crippen LogP contribution in [0.15, 0.2) is 47.1 Å². The fraction of sp³-hybridized carbons (Fsp3) is 0.143. The number of hydrogen-bond donors (Lipinski definition) is 1. The molecular formula is C14H11F3N4O. The molecule has 1 aromatic carbocycles. The van der Waals surface area contributed by atoms with Crippen LogP contribution in [-0.4, -0.2) is 15.0 Å². The van der Waals surface area contributed by atoms with Crippen molar-refractivity contribution in [1.29, 1.82) is 0 Å². The summed E-state index contributed by atoms with van der Waals surface area (Å²) in [6, 6.07) is 8.16. The lowest BCUT2D eigenvalue weighted by Gasteiger charge is -2.10. The zero-order valence-electron chi connectivity index (χ0n) is 11.2. The zero-order valence-corrected chi connectivity index (χ0v) is 11.2. The monoisotopic (exact) mass is 308 g/mol. The second-order valence-electron chi connectivity index (χ2n) is 4.53. The van der Waals surface area contributed by atoms with E-state index in [9.17, 15) is 13.2 Å². The number of nitrogens with zero attached hydrogens (tertiary/aromatic N) is 3. The molecule has 2 N–H and O–H groups in total. The van der Waals surface area contributed by atoms with Crippen LogP contribution >= 0.6 is 0 Å². The lowest BCUT2D eigenvalue weighted by molar-refractivity contribution is -0.137. The van der Waals surface area contributed by atoms with Crippen LogP contribution in [0.1, 0.15) is 11.3 Å². The van der Waals surface area contributed by atoms with E-state index in [1.165, 1.54) is 23.1 Å². The minimum Gasteiger partial charge on any atom is -0.463 e. The van der Waals surface area contributed by atoms with Gasteiger partial charge in [-0.05, 0) is 30.3 Å². The van der Waals surface area contributed by atoms with E-state index in [1.807, 2.05) is 0 Å². The van der Waals surface area contributed by atoms with Gasteiger partial charge in [0.15, 0.2) is 5.76 Å². The third-order valence-electron chi connectivity index (χ3n) is 3.11. The van der Waals surface area contributed by atoms with Crippen molar-refractivity contribution < 1.29 is 17.6 Å². The maximum atomic E-state index is 12.8. The molecule has 0 aliphatic heterocycles. The minimum atomic E-state index is -4.43. The molecule has 3 aromatic rings. The van der Waals surface area contributed by atoms with Crippen LogP contribution in [0.2, 0.25) is 0 Å². The number of furan rings is 1. The van der Waals surface area contributed by atoms with Crippen molar-refractivity contribution in [2.24, 2.45) is 5.73 Å². The molecule has 0 atom stereocenters. The van der Waals surface area contributed by atoms with Crippen molar-refractivity contribution in [3.63, 3.8) is 0 Å². The molecule has 0 unspecified atom stereocenters. The van der Waals surface area contributed by atoms with Gasteiger partial charge >= 0.3 is 6.18 Å². The van der Waals surface area contributed by atoms with Crippen molar-refractivity contribution in [2.75, 3.05) is 0 Å². The average Bonchev–Trinajstić information content (AvgIpc) is 3.15. The number of rotatable bonds is 3. The SMILES string of the molecule is NCc1nnn(-c2cccc(C(F)(F)F)c2)c1-c1ccco1. The highest BCUT2D eigenvalue weighted by Gasteiger charge is 2.31. The van der Waals surface area contributed by atoms with Gasteiger partial charge in [0.25, 0.3) is 0 Å². The number of aromatic nitrogens is 3.